The third-order valence-electron chi connectivity index (χ3n) is 3.56. The Morgan fingerprint density at radius 1 is 1.33 bits per heavy atom. The molecular weight excluding hydrogens is 230 g/mol. The van der Waals surface area contributed by atoms with E-state index in [1.165, 1.54) is 6.42 Å². The van der Waals surface area contributed by atoms with E-state index in [9.17, 15) is 5.11 Å². The smallest absolute Gasteiger partial charge is 0.203 e. The Balaban J connectivity index is 2.02. The van der Waals surface area contributed by atoms with Gasteiger partial charge in [-0.25, -0.2) is 4.98 Å². The maximum atomic E-state index is 9.56. The van der Waals surface area contributed by atoms with Crippen LogP contribution in [0.2, 0.25) is 0 Å². The van der Waals surface area contributed by atoms with Crippen molar-refractivity contribution >= 4 is 11.5 Å². The third-order valence-corrected chi connectivity index (χ3v) is 3.56. The summed E-state index contributed by atoms with van der Waals surface area (Å²) in [5.41, 5.74) is 0.762. The van der Waals surface area contributed by atoms with E-state index in [0.29, 0.717) is 0 Å². The summed E-state index contributed by atoms with van der Waals surface area (Å²) in [7, 11) is 0. The number of hydrogen-bond acceptors (Lipinski definition) is 5. The van der Waals surface area contributed by atoms with Crippen molar-refractivity contribution in [3.8, 4) is 0 Å². The first-order valence-electron chi connectivity index (χ1n) is 6.42. The quantitative estimate of drug-likeness (QED) is 0.852. The Hall–Kier alpha value is -1.69. The molecule has 0 spiro atoms. The second kappa shape index (κ2) is 4.89. The normalized spacial score (nSPS) is 21.2. The molecule has 0 saturated carbocycles. The van der Waals surface area contributed by atoms with Crippen LogP contribution in [0.25, 0.3) is 5.65 Å². The number of aromatic nitrogens is 4. The van der Waals surface area contributed by atoms with Crippen molar-refractivity contribution in [2.24, 2.45) is 0 Å². The second-order valence-corrected chi connectivity index (χ2v) is 4.69. The molecule has 1 saturated heterocycles. The zero-order valence-electron chi connectivity index (χ0n) is 10.2. The summed E-state index contributed by atoms with van der Waals surface area (Å²) < 4.78 is 1.86. The molecule has 2 aromatic rings. The molecular formula is C12H17N5O. The molecule has 1 unspecified atom stereocenters. The zero-order valence-corrected chi connectivity index (χ0v) is 10.2. The average molecular weight is 247 g/mol. The van der Waals surface area contributed by atoms with E-state index in [-0.39, 0.29) is 12.6 Å². The van der Waals surface area contributed by atoms with Crippen LogP contribution < -0.4 is 4.90 Å². The molecule has 1 N–H and O–H groups in total. The van der Waals surface area contributed by atoms with Crippen LogP contribution in [0.1, 0.15) is 25.7 Å². The number of anilines is 1. The van der Waals surface area contributed by atoms with Gasteiger partial charge in [-0.1, -0.05) is 12.8 Å². The number of rotatable bonds is 2. The van der Waals surface area contributed by atoms with Crippen LogP contribution in [0.5, 0.6) is 0 Å². The molecule has 0 amide bonds. The van der Waals surface area contributed by atoms with Gasteiger partial charge in [0.1, 0.15) is 6.33 Å². The van der Waals surface area contributed by atoms with Gasteiger partial charge < -0.3 is 10.0 Å². The molecule has 6 nitrogen and oxygen atoms in total. The van der Waals surface area contributed by atoms with Crippen LogP contribution >= 0.6 is 0 Å². The largest absolute Gasteiger partial charge is 0.394 e. The molecule has 3 rings (SSSR count). The van der Waals surface area contributed by atoms with Gasteiger partial charge in [0.05, 0.1) is 12.6 Å². The molecule has 0 aliphatic carbocycles. The SMILES string of the molecule is OCC1CCCCCN1c1nccn2cnnc12. The minimum absolute atomic E-state index is 0.142. The molecule has 1 fully saturated rings. The summed E-state index contributed by atoms with van der Waals surface area (Å²) in [6.45, 7) is 1.08. The standard InChI is InChI=1S/C12H17N5O/c18-8-10-4-2-1-3-6-17(10)11-12-15-14-9-16(12)7-5-13-11/h5,7,9-10,18H,1-4,6,8H2. The summed E-state index contributed by atoms with van der Waals surface area (Å²) in [6, 6.07) is 0.142. The first-order valence-corrected chi connectivity index (χ1v) is 6.42. The van der Waals surface area contributed by atoms with E-state index in [0.717, 1.165) is 37.3 Å². The fourth-order valence-electron chi connectivity index (χ4n) is 2.59. The van der Waals surface area contributed by atoms with Crippen LogP contribution in [-0.4, -0.2) is 43.9 Å². The summed E-state index contributed by atoms with van der Waals surface area (Å²) in [4.78, 5) is 6.61. The van der Waals surface area contributed by atoms with Gasteiger partial charge in [-0.05, 0) is 12.8 Å². The van der Waals surface area contributed by atoms with Crippen molar-refractivity contribution in [1.29, 1.82) is 0 Å². The summed E-state index contributed by atoms with van der Waals surface area (Å²) in [6.07, 6.45) is 9.78. The van der Waals surface area contributed by atoms with Crippen LogP contribution in [0.4, 0.5) is 5.82 Å². The third kappa shape index (κ3) is 1.92. The van der Waals surface area contributed by atoms with Crippen molar-refractivity contribution < 1.29 is 5.11 Å². The average Bonchev–Trinajstić information content (AvgIpc) is 2.76. The first-order chi connectivity index (χ1) is 8.90. The lowest BCUT2D eigenvalue weighted by atomic mass is 10.1. The molecule has 3 heterocycles. The molecule has 6 heteroatoms. The number of hydrogen-bond donors (Lipinski definition) is 1. The van der Waals surface area contributed by atoms with Gasteiger partial charge >= 0.3 is 0 Å². The van der Waals surface area contributed by atoms with Crippen LogP contribution in [0, 0.1) is 0 Å². The monoisotopic (exact) mass is 247 g/mol. The summed E-state index contributed by atoms with van der Waals surface area (Å²) in [5.74, 6) is 0.830. The molecule has 0 radical (unpaired) electrons. The summed E-state index contributed by atoms with van der Waals surface area (Å²) >= 11 is 0. The highest BCUT2D eigenvalue weighted by molar-refractivity contribution is 5.63. The number of aliphatic hydroxyl groups is 1. The molecule has 1 aliphatic rings. The van der Waals surface area contributed by atoms with Gasteiger partial charge in [0.15, 0.2) is 5.82 Å². The van der Waals surface area contributed by atoms with Gasteiger partial charge in [0.25, 0.3) is 0 Å². The highest BCUT2D eigenvalue weighted by Gasteiger charge is 2.23. The van der Waals surface area contributed by atoms with Gasteiger partial charge in [0.2, 0.25) is 5.65 Å². The van der Waals surface area contributed by atoms with E-state index >= 15 is 0 Å². The van der Waals surface area contributed by atoms with Crippen LogP contribution in [0.3, 0.4) is 0 Å². The minimum atomic E-state index is 0.142. The van der Waals surface area contributed by atoms with E-state index in [1.54, 1.807) is 12.5 Å². The molecule has 2 aromatic heterocycles. The lowest BCUT2D eigenvalue weighted by molar-refractivity contribution is 0.254. The Morgan fingerprint density at radius 2 is 2.28 bits per heavy atom. The van der Waals surface area contributed by atoms with Crippen molar-refractivity contribution in [2.45, 2.75) is 31.7 Å². The number of nitrogens with zero attached hydrogens (tertiary/aromatic N) is 5. The van der Waals surface area contributed by atoms with Crippen LogP contribution in [0.15, 0.2) is 18.7 Å². The highest BCUT2D eigenvalue weighted by Crippen LogP contribution is 2.24. The molecule has 18 heavy (non-hydrogen) atoms. The molecule has 1 atom stereocenters. The van der Waals surface area contributed by atoms with E-state index in [4.69, 9.17) is 0 Å². The molecule has 0 aromatic carbocycles. The van der Waals surface area contributed by atoms with E-state index < -0.39 is 0 Å². The summed E-state index contributed by atoms with van der Waals surface area (Å²) in [5, 5.41) is 17.6. The molecule has 1 aliphatic heterocycles. The maximum absolute atomic E-state index is 9.56. The fourth-order valence-corrected chi connectivity index (χ4v) is 2.59. The molecule has 0 bridgehead atoms. The Morgan fingerprint density at radius 3 is 3.17 bits per heavy atom. The van der Waals surface area contributed by atoms with Gasteiger partial charge in [0, 0.05) is 18.9 Å². The highest BCUT2D eigenvalue weighted by atomic mass is 16.3. The first kappa shape index (κ1) is 11.4. The predicted molar refractivity (Wildman–Crippen MR) is 67.5 cm³/mol. The predicted octanol–water partition coefficient (Wildman–Crippen LogP) is 0.866. The Kier molecular flexibility index (Phi) is 3.10. The van der Waals surface area contributed by atoms with Gasteiger partial charge in [-0.2, -0.15) is 0 Å². The van der Waals surface area contributed by atoms with Crippen LogP contribution in [-0.2, 0) is 0 Å². The second-order valence-electron chi connectivity index (χ2n) is 4.69. The van der Waals surface area contributed by atoms with Crippen molar-refractivity contribution in [1.82, 2.24) is 19.6 Å². The van der Waals surface area contributed by atoms with Gasteiger partial charge in [-0.15, -0.1) is 10.2 Å². The van der Waals surface area contributed by atoms with E-state index in [2.05, 4.69) is 20.1 Å². The fraction of sp³-hybridized carbons (Fsp3) is 0.583. The maximum Gasteiger partial charge on any atom is 0.203 e. The van der Waals surface area contributed by atoms with Crippen molar-refractivity contribution in [3.05, 3.63) is 18.7 Å². The van der Waals surface area contributed by atoms with Gasteiger partial charge in [-0.3, -0.25) is 4.40 Å². The lowest BCUT2D eigenvalue weighted by Crippen LogP contribution is -2.38. The minimum Gasteiger partial charge on any atom is -0.394 e. The van der Waals surface area contributed by atoms with Crippen molar-refractivity contribution in [3.63, 3.8) is 0 Å². The van der Waals surface area contributed by atoms with Crippen molar-refractivity contribution in [2.75, 3.05) is 18.1 Å². The molecule has 96 valence electrons. The number of fused-ring (bicyclic) bond motifs is 1. The Labute approximate surface area is 105 Å². The zero-order chi connectivity index (χ0) is 12.4. The van der Waals surface area contributed by atoms with E-state index in [1.807, 2.05) is 10.6 Å². The topological polar surface area (TPSA) is 66.5 Å². The lowest BCUT2D eigenvalue weighted by Gasteiger charge is -2.29. The number of aliphatic hydroxyl groups excluding tert-OH is 1. The Bertz CT molecular complexity index is 526.